The van der Waals surface area contributed by atoms with Gasteiger partial charge in [0.05, 0.1) is 10.4 Å². The fraction of sp³-hybridized carbons (Fsp3) is 0.316. The second-order valence-corrected chi connectivity index (χ2v) is 8.76. The normalized spacial score (nSPS) is 16.1. The van der Waals surface area contributed by atoms with Gasteiger partial charge >= 0.3 is 5.76 Å². The number of oxazole rings is 1. The summed E-state index contributed by atoms with van der Waals surface area (Å²) in [6.07, 6.45) is 0. The van der Waals surface area contributed by atoms with Crippen LogP contribution in [-0.4, -0.2) is 43.9 Å². The molecule has 0 aliphatic carbocycles. The van der Waals surface area contributed by atoms with Gasteiger partial charge in [0, 0.05) is 37.9 Å². The summed E-state index contributed by atoms with van der Waals surface area (Å²) in [7, 11) is -3.51. The number of anilines is 1. The number of aryl methyl sites for hydroxylation is 2. The van der Waals surface area contributed by atoms with E-state index in [-0.39, 0.29) is 0 Å². The number of H-pyrrole nitrogens is 1. The highest BCUT2D eigenvalue weighted by molar-refractivity contribution is 7.89. The van der Waals surface area contributed by atoms with Gasteiger partial charge in [-0.05, 0) is 43.2 Å². The van der Waals surface area contributed by atoms with Crippen LogP contribution < -0.4 is 10.7 Å². The second kappa shape index (κ2) is 6.54. The zero-order chi connectivity index (χ0) is 19.2. The van der Waals surface area contributed by atoms with Crippen LogP contribution in [0.15, 0.2) is 50.5 Å². The Kier molecular flexibility index (Phi) is 4.32. The van der Waals surface area contributed by atoms with Crippen LogP contribution in [0, 0.1) is 13.8 Å². The number of benzene rings is 2. The van der Waals surface area contributed by atoms with Crippen LogP contribution in [-0.2, 0) is 10.0 Å². The molecule has 0 radical (unpaired) electrons. The topological polar surface area (TPSA) is 86.6 Å². The molecule has 1 saturated heterocycles. The number of aromatic amines is 1. The van der Waals surface area contributed by atoms with Crippen molar-refractivity contribution in [1.29, 1.82) is 0 Å². The number of sulfonamides is 1. The molecule has 8 heteroatoms. The summed E-state index contributed by atoms with van der Waals surface area (Å²) < 4.78 is 32.7. The lowest BCUT2D eigenvalue weighted by atomic mass is 10.2. The van der Waals surface area contributed by atoms with Crippen LogP contribution in [0.4, 0.5) is 5.69 Å². The van der Waals surface area contributed by atoms with Gasteiger partial charge in [0.1, 0.15) is 0 Å². The van der Waals surface area contributed by atoms with E-state index in [2.05, 4.69) is 9.88 Å². The molecule has 7 nitrogen and oxygen atoms in total. The Bertz CT molecular complexity index is 1160. The van der Waals surface area contributed by atoms with Crippen LogP contribution in [0.3, 0.4) is 0 Å². The summed E-state index contributed by atoms with van der Waals surface area (Å²) in [5, 5.41) is 0. The quantitative estimate of drug-likeness (QED) is 0.745. The fourth-order valence-corrected chi connectivity index (χ4v) is 5.17. The molecule has 0 amide bonds. The SMILES string of the molecule is Cc1ccc(C)c(S(=O)(=O)N2CCN(c3ccc4[nH]c(=O)oc4c3)CC2)c1. The minimum absolute atomic E-state index is 0.381. The standard InChI is InChI=1S/C19H21N3O4S/c1-13-3-4-14(2)18(11-13)27(24,25)22-9-7-21(8-10-22)15-5-6-16-17(12-15)26-19(23)20-16/h3-6,11-12H,7-10H2,1-2H3,(H,20,23). The average molecular weight is 387 g/mol. The van der Waals surface area contributed by atoms with Crippen molar-refractivity contribution in [2.45, 2.75) is 18.7 Å². The highest BCUT2D eigenvalue weighted by atomic mass is 32.2. The first-order valence-electron chi connectivity index (χ1n) is 8.80. The molecule has 4 rings (SSSR count). The molecule has 0 saturated carbocycles. The minimum Gasteiger partial charge on any atom is -0.408 e. The summed E-state index contributed by atoms with van der Waals surface area (Å²) in [6, 6.07) is 11.0. The largest absolute Gasteiger partial charge is 0.417 e. The summed E-state index contributed by atoms with van der Waals surface area (Å²) in [4.78, 5) is 16.4. The van der Waals surface area contributed by atoms with Crippen LogP contribution in [0.25, 0.3) is 11.1 Å². The number of piperazine rings is 1. The highest BCUT2D eigenvalue weighted by Gasteiger charge is 2.29. The van der Waals surface area contributed by atoms with E-state index < -0.39 is 15.8 Å². The molecule has 0 spiro atoms. The fourth-order valence-electron chi connectivity index (χ4n) is 3.44. The van der Waals surface area contributed by atoms with E-state index in [0.717, 1.165) is 16.8 Å². The molecule has 0 unspecified atom stereocenters. The van der Waals surface area contributed by atoms with Gasteiger partial charge in [0.15, 0.2) is 5.58 Å². The molecule has 1 aliphatic rings. The van der Waals surface area contributed by atoms with Crippen LogP contribution in [0.2, 0.25) is 0 Å². The number of rotatable bonds is 3. The van der Waals surface area contributed by atoms with Crippen LogP contribution in [0.5, 0.6) is 0 Å². The smallest absolute Gasteiger partial charge is 0.408 e. The molecule has 1 fully saturated rings. The Hall–Kier alpha value is -2.58. The summed E-state index contributed by atoms with van der Waals surface area (Å²) in [6.45, 7) is 5.68. The van der Waals surface area contributed by atoms with E-state index in [9.17, 15) is 13.2 Å². The van der Waals surface area contributed by atoms with Crippen molar-refractivity contribution in [1.82, 2.24) is 9.29 Å². The van der Waals surface area contributed by atoms with E-state index in [1.165, 1.54) is 0 Å². The molecule has 0 bridgehead atoms. The number of nitrogens with zero attached hydrogens (tertiary/aromatic N) is 2. The van der Waals surface area contributed by atoms with Gasteiger partial charge < -0.3 is 9.32 Å². The van der Waals surface area contributed by atoms with Crippen molar-refractivity contribution in [3.8, 4) is 0 Å². The maximum Gasteiger partial charge on any atom is 0.417 e. The Morgan fingerprint density at radius 3 is 2.48 bits per heavy atom. The molecule has 2 heterocycles. The lowest BCUT2D eigenvalue weighted by molar-refractivity contribution is 0.384. The van der Waals surface area contributed by atoms with Gasteiger partial charge in [-0.1, -0.05) is 12.1 Å². The van der Waals surface area contributed by atoms with Gasteiger partial charge in [0.25, 0.3) is 0 Å². The first-order chi connectivity index (χ1) is 12.8. The number of fused-ring (bicyclic) bond motifs is 1. The third-order valence-corrected chi connectivity index (χ3v) is 7.01. The Morgan fingerprint density at radius 2 is 1.74 bits per heavy atom. The van der Waals surface area contributed by atoms with E-state index in [4.69, 9.17) is 4.42 Å². The average Bonchev–Trinajstić information content (AvgIpc) is 3.03. The molecule has 3 aromatic rings. The monoisotopic (exact) mass is 387 g/mol. The van der Waals surface area contributed by atoms with E-state index in [1.54, 1.807) is 16.4 Å². The van der Waals surface area contributed by atoms with Gasteiger partial charge in [-0.15, -0.1) is 0 Å². The van der Waals surface area contributed by atoms with Gasteiger partial charge in [-0.25, -0.2) is 13.2 Å². The maximum absolute atomic E-state index is 13.0. The van der Waals surface area contributed by atoms with Gasteiger partial charge in [0.2, 0.25) is 10.0 Å². The van der Waals surface area contributed by atoms with E-state index >= 15 is 0 Å². The number of hydrogen-bond donors (Lipinski definition) is 1. The van der Waals surface area contributed by atoms with Crippen molar-refractivity contribution in [2.75, 3.05) is 31.1 Å². The first kappa shape index (κ1) is 17.8. The van der Waals surface area contributed by atoms with Crippen molar-refractivity contribution in [2.24, 2.45) is 0 Å². The molecule has 1 N–H and O–H groups in total. The molecule has 27 heavy (non-hydrogen) atoms. The predicted molar refractivity (Wildman–Crippen MR) is 104 cm³/mol. The van der Waals surface area contributed by atoms with Crippen molar-refractivity contribution >= 4 is 26.8 Å². The zero-order valence-corrected chi connectivity index (χ0v) is 16.0. The Morgan fingerprint density at radius 1 is 1.00 bits per heavy atom. The maximum atomic E-state index is 13.0. The molecular weight excluding hydrogens is 366 g/mol. The third kappa shape index (κ3) is 3.26. The summed E-state index contributed by atoms with van der Waals surface area (Å²) in [5.41, 5.74) is 3.76. The Balaban J connectivity index is 1.54. The van der Waals surface area contributed by atoms with E-state index in [0.29, 0.717) is 42.2 Å². The zero-order valence-electron chi connectivity index (χ0n) is 15.2. The molecule has 1 aliphatic heterocycles. The molecule has 1 aromatic heterocycles. The number of hydrogen-bond acceptors (Lipinski definition) is 5. The predicted octanol–water partition coefficient (Wildman–Crippen LogP) is 2.25. The van der Waals surface area contributed by atoms with Gasteiger partial charge in [-0.3, -0.25) is 4.98 Å². The van der Waals surface area contributed by atoms with Crippen LogP contribution in [0.1, 0.15) is 11.1 Å². The minimum atomic E-state index is -3.51. The van der Waals surface area contributed by atoms with E-state index in [1.807, 2.05) is 38.1 Å². The number of aromatic nitrogens is 1. The lowest BCUT2D eigenvalue weighted by Gasteiger charge is -2.35. The van der Waals surface area contributed by atoms with Crippen LogP contribution >= 0.6 is 0 Å². The summed E-state index contributed by atoms with van der Waals surface area (Å²) in [5.74, 6) is -0.480. The molecule has 0 atom stereocenters. The second-order valence-electron chi connectivity index (χ2n) is 6.86. The van der Waals surface area contributed by atoms with Crippen molar-refractivity contribution < 1.29 is 12.8 Å². The molecule has 2 aromatic carbocycles. The lowest BCUT2D eigenvalue weighted by Crippen LogP contribution is -2.48. The Labute approximate surface area is 157 Å². The molecular formula is C19H21N3O4S. The van der Waals surface area contributed by atoms with Crippen molar-refractivity contribution in [3.05, 3.63) is 58.1 Å². The first-order valence-corrected chi connectivity index (χ1v) is 10.2. The van der Waals surface area contributed by atoms with Gasteiger partial charge in [-0.2, -0.15) is 4.31 Å². The summed E-state index contributed by atoms with van der Waals surface area (Å²) >= 11 is 0. The molecule has 142 valence electrons. The highest BCUT2D eigenvalue weighted by Crippen LogP contribution is 2.25. The third-order valence-electron chi connectivity index (χ3n) is 4.97. The van der Waals surface area contributed by atoms with Crippen molar-refractivity contribution in [3.63, 3.8) is 0 Å². The number of nitrogens with one attached hydrogen (secondary N) is 1.